The van der Waals surface area contributed by atoms with Crippen molar-refractivity contribution in [1.29, 1.82) is 0 Å². The number of carbonyl (C=O) groups excluding carboxylic acids is 1. The molecule has 0 aliphatic heterocycles. The minimum atomic E-state index is -0.0343. The molecular weight excluding hydrogens is 164 g/mol. The van der Waals surface area contributed by atoms with Gasteiger partial charge in [-0.15, -0.1) is 0 Å². The molecule has 0 spiro atoms. The van der Waals surface area contributed by atoms with E-state index in [1.165, 1.54) is 0 Å². The van der Waals surface area contributed by atoms with Gasteiger partial charge in [-0.25, -0.2) is 0 Å². The number of esters is 1. The molecule has 1 fully saturated rings. The van der Waals surface area contributed by atoms with Crippen molar-refractivity contribution in [1.82, 2.24) is 0 Å². The van der Waals surface area contributed by atoms with Crippen LogP contribution in [-0.4, -0.2) is 12.6 Å². The van der Waals surface area contributed by atoms with E-state index in [1.54, 1.807) is 0 Å². The summed E-state index contributed by atoms with van der Waals surface area (Å²) < 4.78 is 5.03. The Balaban J connectivity index is 2.57. The summed E-state index contributed by atoms with van der Waals surface area (Å²) in [4.78, 5) is 11.5. The number of hydrogen-bond donors (Lipinski definition) is 0. The van der Waals surface area contributed by atoms with Crippen LogP contribution in [0.5, 0.6) is 0 Å². The Labute approximate surface area is 80.0 Å². The Hall–Kier alpha value is -0.790. The lowest BCUT2D eigenvalue weighted by molar-refractivity contribution is -0.148. The van der Waals surface area contributed by atoms with Crippen LogP contribution in [0.2, 0.25) is 0 Å². The van der Waals surface area contributed by atoms with E-state index in [-0.39, 0.29) is 11.9 Å². The molecule has 0 N–H and O–H groups in total. The first-order valence-corrected chi connectivity index (χ1v) is 4.98. The highest BCUT2D eigenvalue weighted by Crippen LogP contribution is 2.36. The zero-order chi connectivity index (χ0) is 9.84. The van der Waals surface area contributed by atoms with Crippen molar-refractivity contribution < 1.29 is 9.53 Å². The van der Waals surface area contributed by atoms with Crippen LogP contribution in [0.3, 0.4) is 0 Å². The molecule has 1 aliphatic rings. The number of ether oxygens (including phenoxy) is 1. The number of allylic oxidation sites excluding steroid dienone is 1. The van der Waals surface area contributed by atoms with Gasteiger partial charge in [0, 0.05) is 0 Å². The highest BCUT2D eigenvalue weighted by atomic mass is 16.5. The summed E-state index contributed by atoms with van der Waals surface area (Å²) in [5.41, 5.74) is 1.12. The van der Waals surface area contributed by atoms with Crippen LogP contribution in [0, 0.1) is 11.8 Å². The topological polar surface area (TPSA) is 26.3 Å². The average molecular weight is 182 g/mol. The van der Waals surface area contributed by atoms with Gasteiger partial charge in [0.1, 0.15) is 0 Å². The molecule has 0 aromatic rings. The minimum absolute atomic E-state index is 0.0343. The van der Waals surface area contributed by atoms with Crippen molar-refractivity contribution in [2.24, 2.45) is 11.8 Å². The van der Waals surface area contributed by atoms with Crippen LogP contribution in [0.25, 0.3) is 0 Å². The molecule has 1 saturated carbocycles. The predicted molar refractivity (Wildman–Crippen MR) is 52.3 cm³/mol. The second-order valence-corrected chi connectivity index (χ2v) is 3.74. The maximum absolute atomic E-state index is 11.5. The summed E-state index contributed by atoms with van der Waals surface area (Å²) in [6.45, 7) is 8.26. The van der Waals surface area contributed by atoms with E-state index >= 15 is 0 Å². The number of carbonyl (C=O) groups is 1. The summed E-state index contributed by atoms with van der Waals surface area (Å²) in [7, 11) is 0. The summed E-state index contributed by atoms with van der Waals surface area (Å²) in [6, 6.07) is 0. The van der Waals surface area contributed by atoms with E-state index in [0.29, 0.717) is 12.5 Å². The van der Waals surface area contributed by atoms with Crippen molar-refractivity contribution in [3.05, 3.63) is 12.2 Å². The quantitative estimate of drug-likeness (QED) is 0.495. The molecule has 13 heavy (non-hydrogen) atoms. The highest BCUT2D eigenvalue weighted by molar-refractivity contribution is 5.73. The molecule has 0 saturated heterocycles. The van der Waals surface area contributed by atoms with Gasteiger partial charge >= 0.3 is 5.97 Å². The Kier molecular flexibility index (Phi) is 3.52. The summed E-state index contributed by atoms with van der Waals surface area (Å²) in [5.74, 6) is 0.407. The molecule has 0 unspecified atom stereocenters. The fraction of sp³-hybridized carbons (Fsp3) is 0.727. The lowest BCUT2D eigenvalue weighted by Crippen LogP contribution is -2.21. The normalized spacial score (nSPS) is 27.2. The van der Waals surface area contributed by atoms with E-state index in [1.807, 2.05) is 13.8 Å². The van der Waals surface area contributed by atoms with Crippen molar-refractivity contribution in [3.63, 3.8) is 0 Å². The molecule has 2 nitrogen and oxygen atoms in total. The second kappa shape index (κ2) is 4.45. The Morgan fingerprint density at radius 2 is 2.08 bits per heavy atom. The van der Waals surface area contributed by atoms with Gasteiger partial charge in [-0.05, 0) is 32.6 Å². The maximum Gasteiger partial charge on any atom is 0.309 e. The van der Waals surface area contributed by atoms with Gasteiger partial charge in [-0.2, -0.15) is 0 Å². The van der Waals surface area contributed by atoms with Crippen LogP contribution in [0.4, 0.5) is 0 Å². The maximum atomic E-state index is 11.5. The molecule has 1 rings (SSSR count). The van der Waals surface area contributed by atoms with Crippen LogP contribution in [-0.2, 0) is 9.53 Å². The molecule has 0 radical (unpaired) electrons. The first-order valence-electron chi connectivity index (χ1n) is 4.98. The standard InChI is InChI=1S/C11H18O2/c1-4-13-11(12)10-7-5-6-9(10)8(2)3/h9-10H,2,4-7H2,1,3H3/t9-,10+/m0/s1. The second-order valence-electron chi connectivity index (χ2n) is 3.74. The molecule has 0 heterocycles. The van der Waals surface area contributed by atoms with E-state index in [2.05, 4.69) is 6.58 Å². The summed E-state index contributed by atoms with van der Waals surface area (Å²) in [5, 5.41) is 0. The largest absolute Gasteiger partial charge is 0.466 e. The SMILES string of the molecule is C=C(C)[C@@H]1CCC[C@H]1C(=O)OCC. The Morgan fingerprint density at radius 1 is 1.46 bits per heavy atom. The highest BCUT2D eigenvalue weighted by Gasteiger charge is 2.34. The number of hydrogen-bond acceptors (Lipinski definition) is 2. The van der Waals surface area contributed by atoms with Crippen molar-refractivity contribution in [2.75, 3.05) is 6.61 Å². The van der Waals surface area contributed by atoms with Crippen LogP contribution in [0.15, 0.2) is 12.2 Å². The average Bonchev–Trinajstić information content (AvgIpc) is 2.52. The molecule has 2 heteroatoms. The van der Waals surface area contributed by atoms with Crippen molar-refractivity contribution >= 4 is 5.97 Å². The molecule has 0 bridgehead atoms. The third-order valence-corrected chi connectivity index (χ3v) is 2.74. The summed E-state index contributed by atoms with van der Waals surface area (Å²) >= 11 is 0. The fourth-order valence-corrected chi connectivity index (χ4v) is 2.08. The van der Waals surface area contributed by atoms with Gasteiger partial charge in [0.25, 0.3) is 0 Å². The van der Waals surface area contributed by atoms with Gasteiger partial charge in [0.2, 0.25) is 0 Å². The molecule has 0 aromatic heterocycles. The molecule has 0 aromatic carbocycles. The number of rotatable bonds is 3. The van der Waals surface area contributed by atoms with Crippen LogP contribution in [0.1, 0.15) is 33.1 Å². The molecular formula is C11H18O2. The molecule has 1 aliphatic carbocycles. The third kappa shape index (κ3) is 2.33. The minimum Gasteiger partial charge on any atom is -0.466 e. The zero-order valence-corrected chi connectivity index (χ0v) is 8.51. The molecule has 74 valence electrons. The zero-order valence-electron chi connectivity index (χ0n) is 8.51. The lowest BCUT2D eigenvalue weighted by Gasteiger charge is -2.17. The third-order valence-electron chi connectivity index (χ3n) is 2.74. The van der Waals surface area contributed by atoms with E-state index in [9.17, 15) is 4.79 Å². The van der Waals surface area contributed by atoms with Gasteiger partial charge in [-0.3, -0.25) is 4.79 Å². The molecule has 0 amide bonds. The van der Waals surface area contributed by atoms with Crippen LogP contribution >= 0.6 is 0 Å². The summed E-state index contributed by atoms with van der Waals surface area (Å²) in [6.07, 6.45) is 3.19. The Morgan fingerprint density at radius 3 is 2.62 bits per heavy atom. The van der Waals surface area contributed by atoms with Gasteiger partial charge in [0.15, 0.2) is 0 Å². The van der Waals surface area contributed by atoms with E-state index < -0.39 is 0 Å². The monoisotopic (exact) mass is 182 g/mol. The van der Waals surface area contributed by atoms with Gasteiger partial charge < -0.3 is 4.74 Å². The van der Waals surface area contributed by atoms with Gasteiger partial charge in [0.05, 0.1) is 12.5 Å². The van der Waals surface area contributed by atoms with Crippen molar-refractivity contribution in [2.45, 2.75) is 33.1 Å². The first kappa shape index (κ1) is 10.3. The molecule has 2 atom stereocenters. The smallest absolute Gasteiger partial charge is 0.309 e. The van der Waals surface area contributed by atoms with Crippen LogP contribution < -0.4 is 0 Å². The van der Waals surface area contributed by atoms with E-state index in [0.717, 1.165) is 24.8 Å². The first-order chi connectivity index (χ1) is 6.16. The Bertz CT molecular complexity index is 208. The lowest BCUT2D eigenvalue weighted by atomic mass is 9.90. The van der Waals surface area contributed by atoms with Gasteiger partial charge in [-0.1, -0.05) is 18.6 Å². The predicted octanol–water partition coefficient (Wildman–Crippen LogP) is 2.54. The van der Waals surface area contributed by atoms with E-state index in [4.69, 9.17) is 4.74 Å². The van der Waals surface area contributed by atoms with Crippen molar-refractivity contribution in [3.8, 4) is 0 Å². The fourth-order valence-electron chi connectivity index (χ4n) is 2.08.